The fourth-order valence-corrected chi connectivity index (χ4v) is 3.82. The van der Waals surface area contributed by atoms with E-state index >= 15 is 0 Å². The second-order valence-electron chi connectivity index (χ2n) is 6.32. The van der Waals surface area contributed by atoms with Crippen LogP contribution in [0.25, 0.3) is 0 Å². The second-order valence-corrected chi connectivity index (χ2v) is 7.78. The van der Waals surface area contributed by atoms with Gasteiger partial charge in [-0.1, -0.05) is 33.6 Å². The quantitative estimate of drug-likeness (QED) is 0.921. The van der Waals surface area contributed by atoms with Gasteiger partial charge in [-0.2, -0.15) is 0 Å². The molecule has 1 saturated carbocycles. The van der Waals surface area contributed by atoms with Crippen molar-refractivity contribution in [2.75, 3.05) is 0 Å². The molecule has 0 saturated heterocycles. The number of hydrogen-bond donors (Lipinski definition) is 1. The predicted octanol–water partition coefficient (Wildman–Crippen LogP) is 2.02. The molecule has 1 atom stereocenters. The Hall–Kier alpha value is -0.950. The van der Waals surface area contributed by atoms with E-state index in [2.05, 4.69) is 24.0 Å². The van der Waals surface area contributed by atoms with Gasteiger partial charge in [-0.25, -0.2) is 13.6 Å². The third-order valence-corrected chi connectivity index (χ3v) is 5.08. The number of rotatable bonds is 4. The molecule has 1 aliphatic rings. The van der Waals surface area contributed by atoms with Crippen molar-refractivity contribution in [3.63, 3.8) is 0 Å². The predicted molar refractivity (Wildman–Crippen MR) is 76.7 cm³/mol. The van der Waals surface area contributed by atoms with Crippen LogP contribution in [0.4, 0.5) is 0 Å². The van der Waals surface area contributed by atoms with Crippen LogP contribution in [0.5, 0.6) is 0 Å². The van der Waals surface area contributed by atoms with Crippen molar-refractivity contribution in [2.45, 2.75) is 70.5 Å². The summed E-state index contributed by atoms with van der Waals surface area (Å²) >= 11 is 0. The van der Waals surface area contributed by atoms with Gasteiger partial charge < -0.3 is 4.57 Å². The molecule has 2 rings (SSSR count). The zero-order chi connectivity index (χ0) is 15.0. The van der Waals surface area contributed by atoms with Crippen LogP contribution < -0.4 is 5.14 Å². The zero-order valence-corrected chi connectivity index (χ0v) is 13.3. The molecule has 1 aliphatic carbocycles. The summed E-state index contributed by atoms with van der Waals surface area (Å²) in [5.41, 5.74) is 0.117. The zero-order valence-electron chi connectivity index (χ0n) is 12.5. The first-order valence-corrected chi connectivity index (χ1v) is 8.78. The lowest BCUT2D eigenvalue weighted by molar-refractivity contribution is 0.187. The summed E-state index contributed by atoms with van der Waals surface area (Å²) in [5.74, 6) is 1.02. The minimum absolute atomic E-state index is 0.101. The molecule has 20 heavy (non-hydrogen) atoms. The monoisotopic (exact) mass is 300 g/mol. The van der Waals surface area contributed by atoms with Crippen LogP contribution in [0.1, 0.15) is 64.6 Å². The van der Waals surface area contributed by atoms with E-state index in [0.29, 0.717) is 6.54 Å². The standard InChI is InChI=1S/C13H24N4O2S/c1-4-9-17-11(15-16-12(17)20(14,18)19)10-7-5-6-8-13(10,2)3/h10H,4-9H2,1-3H3,(H2,14,18,19). The van der Waals surface area contributed by atoms with Gasteiger partial charge >= 0.3 is 0 Å². The molecule has 0 radical (unpaired) electrons. The maximum Gasteiger partial charge on any atom is 0.273 e. The molecular weight excluding hydrogens is 276 g/mol. The van der Waals surface area contributed by atoms with Crippen molar-refractivity contribution in [2.24, 2.45) is 10.6 Å². The maximum absolute atomic E-state index is 11.6. The Morgan fingerprint density at radius 1 is 1.35 bits per heavy atom. The Balaban J connectivity index is 2.49. The molecule has 1 aromatic rings. The highest BCUT2D eigenvalue weighted by molar-refractivity contribution is 7.89. The van der Waals surface area contributed by atoms with E-state index in [0.717, 1.165) is 31.5 Å². The van der Waals surface area contributed by atoms with Crippen LogP contribution in [0.15, 0.2) is 5.16 Å². The molecular formula is C13H24N4O2S. The Morgan fingerprint density at radius 3 is 2.60 bits per heavy atom. The fraction of sp³-hybridized carbons (Fsp3) is 0.846. The van der Waals surface area contributed by atoms with E-state index in [1.807, 2.05) is 6.92 Å². The first-order valence-electron chi connectivity index (χ1n) is 7.23. The van der Waals surface area contributed by atoms with Gasteiger partial charge in [0.05, 0.1) is 0 Å². The lowest BCUT2D eigenvalue weighted by Gasteiger charge is -2.38. The molecule has 0 spiro atoms. The van der Waals surface area contributed by atoms with E-state index in [1.165, 1.54) is 6.42 Å². The molecule has 0 aromatic carbocycles. The SMILES string of the molecule is CCCn1c(C2CCCCC2(C)C)nnc1S(N)(=O)=O. The van der Waals surface area contributed by atoms with Gasteiger partial charge in [0.2, 0.25) is 0 Å². The highest BCUT2D eigenvalue weighted by Gasteiger charge is 2.37. The number of sulfonamides is 1. The van der Waals surface area contributed by atoms with Crippen molar-refractivity contribution in [3.05, 3.63) is 5.82 Å². The Bertz CT molecular complexity index is 577. The second kappa shape index (κ2) is 5.44. The Kier molecular flexibility index (Phi) is 4.20. The van der Waals surface area contributed by atoms with Crippen molar-refractivity contribution in [3.8, 4) is 0 Å². The summed E-state index contributed by atoms with van der Waals surface area (Å²) < 4.78 is 25.0. The molecule has 0 bridgehead atoms. The molecule has 0 amide bonds. The van der Waals surface area contributed by atoms with E-state index < -0.39 is 10.0 Å². The van der Waals surface area contributed by atoms with E-state index in [1.54, 1.807) is 4.57 Å². The molecule has 6 nitrogen and oxygen atoms in total. The Labute approximate surface area is 120 Å². The maximum atomic E-state index is 11.6. The van der Waals surface area contributed by atoms with Gasteiger partial charge in [0, 0.05) is 12.5 Å². The normalized spacial score (nSPS) is 22.9. The smallest absolute Gasteiger partial charge is 0.273 e. The molecule has 2 N–H and O–H groups in total. The molecule has 1 aromatic heterocycles. The topological polar surface area (TPSA) is 90.9 Å². The van der Waals surface area contributed by atoms with Crippen LogP contribution >= 0.6 is 0 Å². The van der Waals surface area contributed by atoms with Gasteiger partial charge in [-0.05, 0) is 24.7 Å². The van der Waals surface area contributed by atoms with Crippen LogP contribution in [-0.4, -0.2) is 23.2 Å². The number of hydrogen-bond acceptors (Lipinski definition) is 4. The molecule has 1 fully saturated rings. The summed E-state index contributed by atoms with van der Waals surface area (Å²) in [5, 5.41) is 13.2. The largest absolute Gasteiger partial charge is 0.301 e. The molecule has 0 aliphatic heterocycles. The highest BCUT2D eigenvalue weighted by Crippen LogP contribution is 2.46. The molecule has 7 heteroatoms. The summed E-state index contributed by atoms with van der Waals surface area (Å²) in [7, 11) is -3.82. The Morgan fingerprint density at radius 2 is 2.05 bits per heavy atom. The summed E-state index contributed by atoms with van der Waals surface area (Å²) in [6, 6.07) is 0. The first kappa shape index (κ1) is 15.4. The highest BCUT2D eigenvalue weighted by atomic mass is 32.2. The number of primary sulfonamides is 1. The molecule has 1 heterocycles. The first-order chi connectivity index (χ1) is 9.27. The number of aromatic nitrogens is 3. The van der Waals surface area contributed by atoms with Gasteiger partial charge in [-0.3, -0.25) is 0 Å². The van der Waals surface area contributed by atoms with Crippen molar-refractivity contribution in [1.82, 2.24) is 14.8 Å². The van der Waals surface area contributed by atoms with Gasteiger partial charge in [-0.15, -0.1) is 10.2 Å². The number of nitrogens with two attached hydrogens (primary N) is 1. The molecule has 1 unspecified atom stereocenters. The minimum Gasteiger partial charge on any atom is -0.301 e. The van der Waals surface area contributed by atoms with Crippen molar-refractivity contribution in [1.29, 1.82) is 0 Å². The summed E-state index contributed by atoms with van der Waals surface area (Å²) in [6.45, 7) is 7.03. The third-order valence-electron chi connectivity index (χ3n) is 4.27. The average molecular weight is 300 g/mol. The van der Waals surface area contributed by atoms with Crippen molar-refractivity contribution < 1.29 is 8.42 Å². The number of nitrogens with zero attached hydrogens (tertiary/aromatic N) is 3. The minimum atomic E-state index is -3.82. The molecule has 114 valence electrons. The van der Waals surface area contributed by atoms with E-state index in [9.17, 15) is 8.42 Å². The average Bonchev–Trinajstić information content (AvgIpc) is 2.72. The lowest BCUT2D eigenvalue weighted by Crippen LogP contribution is -2.29. The van der Waals surface area contributed by atoms with E-state index in [-0.39, 0.29) is 16.5 Å². The van der Waals surface area contributed by atoms with Gasteiger partial charge in [0.1, 0.15) is 5.82 Å². The summed E-state index contributed by atoms with van der Waals surface area (Å²) in [4.78, 5) is 0. The van der Waals surface area contributed by atoms with Crippen LogP contribution in [0.2, 0.25) is 0 Å². The van der Waals surface area contributed by atoms with Gasteiger partial charge in [0.15, 0.2) is 0 Å². The third kappa shape index (κ3) is 2.88. The summed E-state index contributed by atoms with van der Waals surface area (Å²) in [6.07, 6.45) is 5.34. The fourth-order valence-electron chi connectivity index (χ4n) is 3.17. The van der Waals surface area contributed by atoms with Gasteiger partial charge in [0.25, 0.3) is 15.2 Å². The van der Waals surface area contributed by atoms with Crippen LogP contribution in [0.3, 0.4) is 0 Å². The van der Waals surface area contributed by atoms with E-state index in [4.69, 9.17) is 5.14 Å². The van der Waals surface area contributed by atoms with Crippen molar-refractivity contribution >= 4 is 10.0 Å². The van der Waals surface area contributed by atoms with Crippen LogP contribution in [-0.2, 0) is 16.6 Å². The van der Waals surface area contributed by atoms with Crippen LogP contribution in [0, 0.1) is 5.41 Å². The lowest BCUT2D eigenvalue weighted by atomic mass is 9.68.